The molecular formula is C28H24Cl3F2N3O5S. The van der Waals surface area contributed by atoms with Crippen LogP contribution in [0.4, 0.5) is 19.3 Å². The molecule has 0 bridgehead atoms. The smallest absolute Gasteiger partial charge is 0.414 e. The van der Waals surface area contributed by atoms with E-state index in [9.17, 15) is 23.2 Å². The number of carbonyl (C=O) groups is 2. The summed E-state index contributed by atoms with van der Waals surface area (Å²) in [7, 11) is 1.47. The number of anilines is 1. The molecule has 0 aliphatic carbocycles. The van der Waals surface area contributed by atoms with E-state index in [-0.39, 0.29) is 33.6 Å². The van der Waals surface area contributed by atoms with Crippen molar-refractivity contribution in [1.82, 2.24) is 9.88 Å². The number of halogens is 5. The van der Waals surface area contributed by atoms with Crippen molar-refractivity contribution in [2.45, 2.75) is 48.0 Å². The predicted octanol–water partition coefficient (Wildman–Crippen LogP) is 7.19. The number of amides is 2. The number of hydrogen-bond acceptors (Lipinski definition) is 6. The summed E-state index contributed by atoms with van der Waals surface area (Å²) in [5.41, 5.74) is 0.446. The molecule has 1 aromatic heterocycles. The van der Waals surface area contributed by atoms with Crippen molar-refractivity contribution in [2.24, 2.45) is 0 Å². The number of aryl methyl sites for hydroxylation is 1. The zero-order valence-corrected chi connectivity index (χ0v) is 25.4. The van der Waals surface area contributed by atoms with Gasteiger partial charge in [0.2, 0.25) is 0 Å². The molecule has 2 aliphatic heterocycles. The van der Waals surface area contributed by atoms with Crippen LogP contribution in [0.15, 0.2) is 44.9 Å². The summed E-state index contributed by atoms with van der Waals surface area (Å²) in [5, 5.41) is -3.39. The Kier molecular flexibility index (Phi) is 8.67. The molecule has 1 fully saturated rings. The maximum atomic E-state index is 14.1. The van der Waals surface area contributed by atoms with Gasteiger partial charge in [-0.15, -0.1) is 0 Å². The van der Waals surface area contributed by atoms with Gasteiger partial charge in [-0.25, -0.2) is 4.79 Å². The van der Waals surface area contributed by atoms with Crippen molar-refractivity contribution in [3.8, 4) is 5.75 Å². The summed E-state index contributed by atoms with van der Waals surface area (Å²) in [4.78, 5) is 44.6. The number of aromatic amines is 1. The molecule has 0 radical (unpaired) electrons. The van der Waals surface area contributed by atoms with E-state index >= 15 is 0 Å². The van der Waals surface area contributed by atoms with Crippen LogP contribution >= 0.6 is 46.6 Å². The van der Waals surface area contributed by atoms with Gasteiger partial charge in [0.25, 0.3) is 11.5 Å². The first-order chi connectivity index (χ1) is 19.9. The van der Waals surface area contributed by atoms with Crippen LogP contribution in [0.1, 0.15) is 46.1 Å². The van der Waals surface area contributed by atoms with Crippen LogP contribution < -0.4 is 15.2 Å². The molecule has 1 N–H and O–H groups in total. The van der Waals surface area contributed by atoms with E-state index < -0.39 is 28.6 Å². The first kappa shape index (κ1) is 30.5. The maximum absolute atomic E-state index is 14.1. The minimum atomic E-state index is -3.90. The summed E-state index contributed by atoms with van der Waals surface area (Å²) in [6, 6.07) is 7.79. The molecule has 2 aliphatic rings. The second-order valence-corrected chi connectivity index (χ2v) is 11.9. The fraction of sp³-hybridized carbons (Fsp3) is 0.321. The summed E-state index contributed by atoms with van der Waals surface area (Å²) in [6.45, 7) is 2.86. The standard InChI is InChI=1S/C28H24Cl3F2N3O5S/c1-3-14-5-6-17(29)24(23(14)30)42-20-11-21(28(31,32)33)34-25(37)22(20)26(38)35-12-15-9-18(19(40-2)10-16(15)13-35)36-7-4-8-41-27(36)39/h5-6,9-11H,3-4,7-8,12-13H2,1-2H3,(H,34,37). The van der Waals surface area contributed by atoms with Gasteiger partial charge in [-0.2, -0.15) is 8.78 Å². The number of benzene rings is 2. The number of H-pyrrole nitrogens is 1. The van der Waals surface area contributed by atoms with Crippen molar-refractivity contribution in [1.29, 1.82) is 0 Å². The zero-order chi connectivity index (χ0) is 30.3. The molecule has 3 aromatic rings. The number of aromatic nitrogens is 1. The topological polar surface area (TPSA) is 91.9 Å². The number of nitrogens with one attached hydrogen (secondary N) is 1. The summed E-state index contributed by atoms with van der Waals surface area (Å²) < 4.78 is 38.9. The molecule has 0 spiro atoms. The van der Waals surface area contributed by atoms with Crippen LogP contribution in [0.5, 0.6) is 5.75 Å². The third-order valence-electron chi connectivity index (χ3n) is 7.01. The van der Waals surface area contributed by atoms with Gasteiger partial charge >= 0.3 is 11.5 Å². The number of pyridine rings is 1. The lowest BCUT2D eigenvalue weighted by molar-refractivity contribution is 0.0740. The number of nitrogens with zero attached hydrogens (tertiary/aromatic N) is 2. The SMILES string of the molecule is CCc1ccc(Cl)c(Sc2cc(C(F)(F)Cl)[nH]c(=O)c2C(=O)N2Cc3cc(OC)c(N4CCCOC4=O)cc3C2)c1Cl. The minimum Gasteiger partial charge on any atom is -0.495 e. The fourth-order valence-electron chi connectivity index (χ4n) is 4.88. The van der Waals surface area contributed by atoms with Crippen molar-refractivity contribution in [2.75, 3.05) is 25.2 Å². The number of fused-ring (bicyclic) bond motifs is 1. The summed E-state index contributed by atoms with van der Waals surface area (Å²) >= 11 is 19.1. The summed E-state index contributed by atoms with van der Waals surface area (Å²) in [6.07, 6.45) is 0.716. The number of rotatable bonds is 7. The van der Waals surface area contributed by atoms with Gasteiger partial charge in [0.15, 0.2) is 0 Å². The average molecular weight is 659 g/mol. The first-order valence-corrected chi connectivity index (χ1v) is 14.8. The highest BCUT2D eigenvalue weighted by Gasteiger charge is 2.35. The van der Waals surface area contributed by atoms with E-state index in [0.29, 0.717) is 42.3 Å². The van der Waals surface area contributed by atoms with Crippen molar-refractivity contribution in [3.05, 3.63) is 78.7 Å². The normalized spacial score (nSPS) is 15.1. The van der Waals surface area contributed by atoms with Gasteiger partial charge in [-0.1, -0.05) is 48.0 Å². The van der Waals surface area contributed by atoms with E-state index in [2.05, 4.69) is 4.98 Å². The molecule has 8 nitrogen and oxygen atoms in total. The molecule has 0 saturated carbocycles. The van der Waals surface area contributed by atoms with Crippen molar-refractivity contribution in [3.63, 3.8) is 0 Å². The van der Waals surface area contributed by atoms with Crippen molar-refractivity contribution < 1.29 is 27.8 Å². The molecular weight excluding hydrogens is 635 g/mol. The molecule has 2 amide bonds. The molecule has 42 heavy (non-hydrogen) atoms. The zero-order valence-electron chi connectivity index (χ0n) is 22.4. The van der Waals surface area contributed by atoms with Crippen LogP contribution in [0.3, 0.4) is 0 Å². The molecule has 222 valence electrons. The molecule has 2 aromatic carbocycles. The van der Waals surface area contributed by atoms with Gasteiger partial charge < -0.3 is 19.4 Å². The number of cyclic esters (lactones) is 1. The molecule has 3 heterocycles. The Labute approximate surface area is 258 Å². The Morgan fingerprint density at radius 3 is 2.52 bits per heavy atom. The fourth-order valence-corrected chi connectivity index (χ4v) is 6.79. The number of ether oxygens (including phenoxy) is 2. The second-order valence-electron chi connectivity index (χ2n) is 9.63. The molecule has 0 unspecified atom stereocenters. The quantitative estimate of drug-likeness (QED) is 0.270. The Balaban J connectivity index is 1.54. The Morgan fingerprint density at radius 2 is 1.88 bits per heavy atom. The van der Waals surface area contributed by atoms with Gasteiger partial charge in [0, 0.05) is 29.4 Å². The Hall–Kier alpha value is -2.99. The Morgan fingerprint density at radius 1 is 1.17 bits per heavy atom. The van der Waals surface area contributed by atoms with E-state index in [1.165, 1.54) is 16.9 Å². The maximum Gasteiger partial charge on any atom is 0.414 e. The molecule has 0 atom stereocenters. The van der Waals surface area contributed by atoms with Crippen LogP contribution in [0, 0.1) is 0 Å². The number of alkyl halides is 3. The number of hydrogen-bond donors (Lipinski definition) is 1. The monoisotopic (exact) mass is 657 g/mol. The number of methoxy groups -OCH3 is 1. The van der Waals surface area contributed by atoms with Gasteiger partial charge in [-0.3, -0.25) is 14.5 Å². The van der Waals surface area contributed by atoms with Crippen LogP contribution in [0.2, 0.25) is 10.0 Å². The van der Waals surface area contributed by atoms with Crippen LogP contribution in [-0.4, -0.2) is 42.1 Å². The van der Waals surface area contributed by atoms with Gasteiger partial charge in [-0.05, 0) is 65.4 Å². The highest BCUT2D eigenvalue weighted by molar-refractivity contribution is 7.99. The first-order valence-electron chi connectivity index (χ1n) is 12.9. The summed E-state index contributed by atoms with van der Waals surface area (Å²) in [5.74, 6) is -0.277. The highest BCUT2D eigenvalue weighted by Crippen LogP contribution is 2.43. The van der Waals surface area contributed by atoms with Crippen LogP contribution in [0.25, 0.3) is 0 Å². The Bertz CT molecular complexity index is 1650. The average Bonchev–Trinajstić information content (AvgIpc) is 3.37. The van der Waals surface area contributed by atoms with E-state index in [1.807, 2.05) is 6.92 Å². The largest absolute Gasteiger partial charge is 0.495 e. The second kappa shape index (κ2) is 11.9. The lowest BCUT2D eigenvalue weighted by Crippen LogP contribution is -2.38. The number of carbonyl (C=O) groups excluding carboxylic acids is 2. The lowest BCUT2D eigenvalue weighted by atomic mass is 10.1. The van der Waals surface area contributed by atoms with Crippen molar-refractivity contribution >= 4 is 64.3 Å². The molecule has 14 heteroatoms. The van der Waals surface area contributed by atoms with Crippen LogP contribution in [-0.2, 0) is 29.6 Å². The predicted molar refractivity (Wildman–Crippen MR) is 157 cm³/mol. The van der Waals surface area contributed by atoms with Gasteiger partial charge in [0.1, 0.15) is 17.0 Å². The lowest BCUT2D eigenvalue weighted by Gasteiger charge is -2.28. The third kappa shape index (κ3) is 5.79. The van der Waals surface area contributed by atoms with E-state index in [0.717, 1.165) is 34.5 Å². The third-order valence-corrected chi connectivity index (χ3v) is 9.36. The minimum absolute atomic E-state index is 0.0820. The van der Waals surface area contributed by atoms with Gasteiger partial charge in [0.05, 0.1) is 29.4 Å². The highest BCUT2D eigenvalue weighted by atomic mass is 35.5. The van der Waals surface area contributed by atoms with E-state index in [1.54, 1.807) is 24.3 Å². The van der Waals surface area contributed by atoms with E-state index in [4.69, 9.17) is 44.3 Å². The molecule has 5 rings (SSSR count). The molecule has 1 saturated heterocycles.